The smallest absolute Gasteiger partial charge is 0.338 e. The minimum Gasteiger partial charge on any atom is -0.478 e. The third kappa shape index (κ3) is 2.65. The van der Waals surface area contributed by atoms with Crippen molar-refractivity contribution in [3.8, 4) is 0 Å². The molecule has 2 aromatic heterocycles. The van der Waals surface area contributed by atoms with Gasteiger partial charge in [0, 0.05) is 11.1 Å². The van der Waals surface area contributed by atoms with Gasteiger partial charge in [-0.25, -0.2) is 14.8 Å². The van der Waals surface area contributed by atoms with Crippen LogP contribution in [0.2, 0.25) is 0 Å². The van der Waals surface area contributed by atoms with Gasteiger partial charge in [-0.2, -0.15) is 0 Å². The van der Waals surface area contributed by atoms with Crippen molar-refractivity contribution in [1.82, 2.24) is 9.97 Å². The summed E-state index contributed by atoms with van der Waals surface area (Å²) in [5.74, 6) is -0.967. The number of hydrogen-bond acceptors (Lipinski definition) is 5. The van der Waals surface area contributed by atoms with E-state index in [1.807, 2.05) is 13.8 Å². The maximum Gasteiger partial charge on any atom is 0.338 e. The molecule has 0 atom stereocenters. The molecule has 4 nitrogen and oxygen atoms in total. The van der Waals surface area contributed by atoms with Crippen LogP contribution < -0.4 is 0 Å². The lowest BCUT2D eigenvalue weighted by Crippen LogP contribution is -1.99. The zero-order chi connectivity index (χ0) is 12.4. The van der Waals surface area contributed by atoms with Gasteiger partial charge in [0.15, 0.2) is 4.34 Å². The lowest BCUT2D eigenvalue weighted by atomic mass is 10.3. The molecular weight excluding hydrogens is 256 g/mol. The third-order valence-electron chi connectivity index (χ3n) is 2.19. The standard InChI is InChI=1S/C11H10N2O2S2/c1-6-7(2)16-11(13-6)17-9-8(10(14)15)4-3-5-12-9/h3-5H,1-2H3,(H,14,15). The van der Waals surface area contributed by atoms with Crippen LogP contribution in [-0.2, 0) is 0 Å². The molecule has 0 saturated carbocycles. The predicted molar refractivity (Wildman–Crippen MR) is 66.9 cm³/mol. The molecule has 0 aromatic carbocycles. The zero-order valence-corrected chi connectivity index (χ0v) is 10.9. The average molecular weight is 266 g/mol. The number of pyridine rings is 1. The van der Waals surface area contributed by atoms with Gasteiger partial charge in [-0.3, -0.25) is 0 Å². The molecule has 6 heteroatoms. The average Bonchev–Trinajstić information content (AvgIpc) is 2.58. The van der Waals surface area contributed by atoms with Gasteiger partial charge in [0.1, 0.15) is 5.03 Å². The molecule has 0 amide bonds. The van der Waals surface area contributed by atoms with Gasteiger partial charge in [-0.1, -0.05) is 0 Å². The maximum atomic E-state index is 11.0. The Morgan fingerprint density at radius 3 is 2.82 bits per heavy atom. The van der Waals surface area contributed by atoms with Gasteiger partial charge in [0.25, 0.3) is 0 Å². The summed E-state index contributed by atoms with van der Waals surface area (Å²) in [5.41, 5.74) is 1.19. The number of carbonyl (C=O) groups is 1. The highest BCUT2D eigenvalue weighted by atomic mass is 32.2. The number of aryl methyl sites for hydroxylation is 2. The molecule has 17 heavy (non-hydrogen) atoms. The van der Waals surface area contributed by atoms with E-state index in [0.29, 0.717) is 5.03 Å². The van der Waals surface area contributed by atoms with Gasteiger partial charge in [-0.15, -0.1) is 11.3 Å². The van der Waals surface area contributed by atoms with Gasteiger partial charge in [-0.05, 0) is 37.7 Å². The number of aromatic carboxylic acids is 1. The molecule has 0 spiro atoms. The Balaban J connectivity index is 2.33. The van der Waals surface area contributed by atoms with E-state index in [4.69, 9.17) is 5.11 Å². The molecule has 0 aliphatic rings. The predicted octanol–water partition coefficient (Wildman–Crippen LogP) is 3.00. The second kappa shape index (κ2) is 4.85. The Labute approximate surface area is 107 Å². The molecule has 0 aliphatic carbocycles. The van der Waals surface area contributed by atoms with Crippen LogP contribution in [-0.4, -0.2) is 21.0 Å². The van der Waals surface area contributed by atoms with E-state index < -0.39 is 5.97 Å². The van der Waals surface area contributed by atoms with Crippen LogP contribution in [0.15, 0.2) is 27.7 Å². The zero-order valence-electron chi connectivity index (χ0n) is 9.30. The number of hydrogen-bond donors (Lipinski definition) is 1. The third-order valence-corrected chi connectivity index (χ3v) is 4.35. The Kier molecular flexibility index (Phi) is 3.44. The van der Waals surface area contributed by atoms with Crippen molar-refractivity contribution in [2.75, 3.05) is 0 Å². The SMILES string of the molecule is Cc1nc(Sc2ncccc2C(=O)O)sc1C. The van der Waals surface area contributed by atoms with Crippen LogP contribution in [0.3, 0.4) is 0 Å². The molecule has 0 radical (unpaired) electrons. The van der Waals surface area contributed by atoms with E-state index in [9.17, 15) is 4.79 Å². The van der Waals surface area contributed by atoms with E-state index in [-0.39, 0.29) is 5.56 Å². The summed E-state index contributed by atoms with van der Waals surface area (Å²) in [4.78, 5) is 20.6. The lowest BCUT2D eigenvalue weighted by Gasteiger charge is -2.00. The number of rotatable bonds is 3. The van der Waals surface area contributed by atoms with Crippen molar-refractivity contribution < 1.29 is 9.90 Å². The molecule has 2 heterocycles. The Morgan fingerprint density at radius 1 is 1.47 bits per heavy atom. The van der Waals surface area contributed by atoms with Crippen molar-refractivity contribution in [1.29, 1.82) is 0 Å². The first-order chi connectivity index (χ1) is 8.08. The Morgan fingerprint density at radius 2 is 2.24 bits per heavy atom. The summed E-state index contributed by atoms with van der Waals surface area (Å²) in [6, 6.07) is 3.16. The van der Waals surface area contributed by atoms with Crippen LogP contribution in [0.5, 0.6) is 0 Å². The normalized spacial score (nSPS) is 10.5. The van der Waals surface area contributed by atoms with Crippen molar-refractivity contribution >= 4 is 29.1 Å². The molecule has 1 N–H and O–H groups in total. The van der Waals surface area contributed by atoms with E-state index in [1.165, 1.54) is 11.8 Å². The molecule has 88 valence electrons. The van der Waals surface area contributed by atoms with Crippen molar-refractivity contribution in [2.45, 2.75) is 23.2 Å². The molecule has 2 aromatic rings. The van der Waals surface area contributed by atoms with Crippen molar-refractivity contribution in [3.63, 3.8) is 0 Å². The van der Waals surface area contributed by atoms with Crippen molar-refractivity contribution in [3.05, 3.63) is 34.5 Å². The Hall–Kier alpha value is -1.40. The lowest BCUT2D eigenvalue weighted by molar-refractivity contribution is 0.0692. The highest BCUT2D eigenvalue weighted by Gasteiger charge is 2.14. The van der Waals surface area contributed by atoms with Gasteiger partial charge >= 0.3 is 5.97 Å². The number of carboxylic acid groups (broad SMARTS) is 1. The van der Waals surface area contributed by atoms with Crippen LogP contribution in [0, 0.1) is 13.8 Å². The summed E-state index contributed by atoms with van der Waals surface area (Å²) in [5, 5.41) is 9.51. The van der Waals surface area contributed by atoms with Gasteiger partial charge < -0.3 is 5.11 Å². The number of thiazole rings is 1. The van der Waals surface area contributed by atoms with E-state index in [0.717, 1.165) is 14.9 Å². The monoisotopic (exact) mass is 266 g/mol. The van der Waals surface area contributed by atoms with Crippen LogP contribution in [0.4, 0.5) is 0 Å². The quantitative estimate of drug-likeness (QED) is 0.925. The summed E-state index contributed by atoms with van der Waals surface area (Å²) >= 11 is 2.84. The fourth-order valence-electron chi connectivity index (χ4n) is 1.20. The highest BCUT2D eigenvalue weighted by Crippen LogP contribution is 2.32. The number of nitrogens with zero attached hydrogens (tertiary/aromatic N) is 2. The van der Waals surface area contributed by atoms with Crippen LogP contribution >= 0.6 is 23.1 Å². The topological polar surface area (TPSA) is 63.1 Å². The molecule has 0 fully saturated rings. The van der Waals surface area contributed by atoms with Gasteiger partial charge in [0.05, 0.1) is 11.3 Å². The van der Waals surface area contributed by atoms with Crippen molar-refractivity contribution in [2.24, 2.45) is 0 Å². The van der Waals surface area contributed by atoms with E-state index >= 15 is 0 Å². The van der Waals surface area contributed by atoms with Crippen LogP contribution in [0.1, 0.15) is 20.9 Å². The van der Waals surface area contributed by atoms with E-state index in [2.05, 4.69) is 9.97 Å². The molecule has 0 saturated heterocycles. The highest BCUT2D eigenvalue weighted by molar-refractivity contribution is 8.01. The first kappa shape index (κ1) is 12.1. The van der Waals surface area contributed by atoms with E-state index in [1.54, 1.807) is 29.7 Å². The number of carboxylic acids is 1. The largest absolute Gasteiger partial charge is 0.478 e. The number of aromatic nitrogens is 2. The second-order valence-electron chi connectivity index (χ2n) is 3.38. The summed E-state index contributed by atoms with van der Waals surface area (Å²) in [6.45, 7) is 3.93. The summed E-state index contributed by atoms with van der Waals surface area (Å²) < 4.78 is 0.821. The summed E-state index contributed by atoms with van der Waals surface area (Å²) in [6.07, 6.45) is 1.59. The first-order valence-corrected chi connectivity index (χ1v) is 6.51. The minimum atomic E-state index is -0.967. The first-order valence-electron chi connectivity index (χ1n) is 4.88. The molecule has 0 unspecified atom stereocenters. The van der Waals surface area contributed by atoms with Gasteiger partial charge in [0.2, 0.25) is 0 Å². The molecule has 0 aliphatic heterocycles. The fraction of sp³-hybridized carbons (Fsp3) is 0.182. The summed E-state index contributed by atoms with van der Waals surface area (Å²) in [7, 11) is 0. The Bertz CT molecular complexity index is 547. The molecule has 0 bridgehead atoms. The minimum absolute atomic E-state index is 0.211. The second-order valence-corrected chi connectivity index (χ2v) is 5.82. The molecule has 2 rings (SSSR count). The maximum absolute atomic E-state index is 11.0. The molecular formula is C11H10N2O2S2. The van der Waals surface area contributed by atoms with Crippen LogP contribution in [0.25, 0.3) is 0 Å². The fourth-order valence-corrected chi connectivity index (χ4v) is 3.35.